The second-order valence-corrected chi connectivity index (χ2v) is 6.83. The number of fused-ring (bicyclic) bond motifs is 1. The van der Waals surface area contributed by atoms with Gasteiger partial charge in [-0.3, -0.25) is 0 Å². The SMILES string of the molecule is CC(C)c1cccc2c1C(C(C)C)CCS/C=C\2. The Hall–Kier alpha value is -0.690. The molecule has 0 nitrogen and oxygen atoms in total. The number of hydrogen-bond acceptors (Lipinski definition) is 1. The van der Waals surface area contributed by atoms with E-state index in [4.69, 9.17) is 0 Å². The summed E-state index contributed by atoms with van der Waals surface area (Å²) in [5, 5.41) is 2.26. The van der Waals surface area contributed by atoms with Crippen LogP contribution in [0, 0.1) is 5.92 Å². The molecule has 0 bridgehead atoms. The maximum Gasteiger partial charge on any atom is -0.00200 e. The molecule has 1 atom stereocenters. The van der Waals surface area contributed by atoms with E-state index in [0.29, 0.717) is 11.8 Å². The van der Waals surface area contributed by atoms with Crippen molar-refractivity contribution in [2.45, 2.75) is 46.0 Å². The highest BCUT2D eigenvalue weighted by Crippen LogP contribution is 2.38. The molecule has 1 heterocycles. The van der Waals surface area contributed by atoms with Crippen molar-refractivity contribution in [1.29, 1.82) is 0 Å². The molecule has 1 aromatic carbocycles. The minimum atomic E-state index is 0.613. The van der Waals surface area contributed by atoms with Crippen LogP contribution in [0.4, 0.5) is 0 Å². The highest BCUT2D eigenvalue weighted by atomic mass is 32.2. The molecule has 0 fully saturated rings. The lowest BCUT2D eigenvalue weighted by molar-refractivity contribution is 0.482. The van der Waals surface area contributed by atoms with Gasteiger partial charge in [0.05, 0.1) is 0 Å². The van der Waals surface area contributed by atoms with Crippen molar-refractivity contribution in [3.8, 4) is 0 Å². The minimum absolute atomic E-state index is 0.613. The molecule has 1 unspecified atom stereocenters. The number of hydrogen-bond donors (Lipinski definition) is 0. The van der Waals surface area contributed by atoms with Crippen LogP contribution in [0.3, 0.4) is 0 Å². The molecule has 18 heavy (non-hydrogen) atoms. The van der Waals surface area contributed by atoms with Gasteiger partial charge < -0.3 is 0 Å². The summed E-state index contributed by atoms with van der Waals surface area (Å²) in [4.78, 5) is 0. The van der Waals surface area contributed by atoms with Crippen LogP contribution in [0.5, 0.6) is 0 Å². The normalized spacial score (nSPS) is 21.6. The van der Waals surface area contributed by atoms with Gasteiger partial charge in [-0.25, -0.2) is 0 Å². The molecule has 0 saturated heterocycles. The van der Waals surface area contributed by atoms with Gasteiger partial charge in [0.15, 0.2) is 0 Å². The number of benzene rings is 1. The van der Waals surface area contributed by atoms with Gasteiger partial charge in [-0.05, 0) is 58.1 Å². The van der Waals surface area contributed by atoms with E-state index >= 15 is 0 Å². The Morgan fingerprint density at radius 2 is 1.94 bits per heavy atom. The Morgan fingerprint density at radius 1 is 1.17 bits per heavy atom. The lowest BCUT2D eigenvalue weighted by Crippen LogP contribution is -2.13. The Kier molecular flexibility index (Phi) is 4.55. The monoisotopic (exact) mass is 260 g/mol. The molecule has 0 saturated carbocycles. The number of rotatable bonds is 2. The van der Waals surface area contributed by atoms with Crippen LogP contribution >= 0.6 is 11.8 Å². The first-order valence-electron chi connectivity index (χ1n) is 7.02. The lowest BCUT2D eigenvalue weighted by atomic mass is 9.78. The standard InChI is InChI=1S/C17H24S/c1-12(2)15-7-5-6-14-8-10-18-11-9-16(13(3)4)17(14)15/h5-8,10,12-13,16H,9,11H2,1-4H3/b10-8-. The molecule has 1 aromatic rings. The first-order valence-corrected chi connectivity index (χ1v) is 8.07. The third-order valence-corrected chi connectivity index (χ3v) is 4.66. The van der Waals surface area contributed by atoms with E-state index < -0.39 is 0 Å². The third-order valence-electron chi connectivity index (χ3n) is 3.86. The molecular formula is C17H24S. The van der Waals surface area contributed by atoms with Crippen LogP contribution in [0.1, 0.15) is 62.6 Å². The summed E-state index contributed by atoms with van der Waals surface area (Å²) < 4.78 is 0. The minimum Gasteiger partial charge on any atom is -0.134 e. The summed E-state index contributed by atoms with van der Waals surface area (Å²) in [7, 11) is 0. The molecule has 1 aliphatic rings. The van der Waals surface area contributed by atoms with Gasteiger partial charge in [-0.2, -0.15) is 0 Å². The maximum atomic E-state index is 2.36. The Balaban J connectivity index is 2.58. The fraction of sp³-hybridized carbons (Fsp3) is 0.529. The van der Waals surface area contributed by atoms with E-state index in [0.717, 1.165) is 5.92 Å². The van der Waals surface area contributed by atoms with Gasteiger partial charge in [0, 0.05) is 0 Å². The highest BCUT2D eigenvalue weighted by molar-refractivity contribution is 8.02. The van der Waals surface area contributed by atoms with Gasteiger partial charge in [0.25, 0.3) is 0 Å². The van der Waals surface area contributed by atoms with Crippen molar-refractivity contribution < 1.29 is 0 Å². The van der Waals surface area contributed by atoms with Crippen molar-refractivity contribution in [2.24, 2.45) is 5.92 Å². The Bertz CT molecular complexity index is 429. The smallest absolute Gasteiger partial charge is 0.00200 e. The van der Waals surface area contributed by atoms with Gasteiger partial charge >= 0.3 is 0 Å². The predicted octanol–water partition coefficient (Wildman–Crippen LogP) is 5.66. The summed E-state index contributed by atoms with van der Waals surface area (Å²) in [6.45, 7) is 9.34. The van der Waals surface area contributed by atoms with Crippen molar-refractivity contribution >= 4 is 17.8 Å². The molecule has 0 amide bonds. The zero-order chi connectivity index (χ0) is 13.1. The molecule has 2 rings (SSSR count). The van der Waals surface area contributed by atoms with E-state index in [2.05, 4.69) is 57.4 Å². The molecule has 1 heteroatoms. The van der Waals surface area contributed by atoms with Crippen molar-refractivity contribution in [2.75, 3.05) is 5.75 Å². The van der Waals surface area contributed by atoms with Crippen LogP contribution in [0.25, 0.3) is 6.08 Å². The average Bonchev–Trinajstić information content (AvgIpc) is 2.28. The molecule has 0 aromatic heterocycles. The summed E-state index contributed by atoms with van der Waals surface area (Å²) >= 11 is 1.95. The van der Waals surface area contributed by atoms with Gasteiger partial charge in [-0.15, -0.1) is 11.8 Å². The highest BCUT2D eigenvalue weighted by Gasteiger charge is 2.23. The third kappa shape index (κ3) is 2.83. The van der Waals surface area contributed by atoms with Crippen LogP contribution < -0.4 is 0 Å². The van der Waals surface area contributed by atoms with E-state index in [9.17, 15) is 0 Å². The Labute approximate surface area is 116 Å². The molecule has 0 aliphatic carbocycles. The summed E-state index contributed by atoms with van der Waals surface area (Å²) in [6, 6.07) is 6.81. The van der Waals surface area contributed by atoms with E-state index in [1.807, 2.05) is 11.8 Å². The molecule has 0 spiro atoms. The maximum absolute atomic E-state index is 2.36. The first-order chi connectivity index (χ1) is 8.61. The quantitative estimate of drug-likeness (QED) is 0.661. The number of thioether (sulfide) groups is 1. The second-order valence-electron chi connectivity index (χ2n) is 5.82. The van der Waals surface area contributed by atoms with Crippen LogP contribution in [-0.4, -0.2) is 5.75 Å². The second kappa shape index (κ2) is 5.97. The predicted molar refractivity (Wildman–Crippen MR) is 84.2 cm³/mol. The van der Waals surface area contributed by atoms with E-state index in [1.54, 1.807) is 11.1 Å². The largest absolute Gasteiger partial charge is 0.134 e. The summed E-state index contributed by atoms with van der Waals surface area (Å²) in [6.07, 6.45) is 3.60. The van der Waals surface area contributed by atoms with Gasteiger partial charge in [-0.1, -0.05) is 45.9 Å². The van der Waals surface area contributed by atoms with Crippen molar-refractivity contribution in [1.82, 2.24) is 0 Å². The zero-order valence-electron chi connectivity index (χ0n) is 11.9. The van der Waals surface area contributed by atoms with E-state index in [-0.39, 0.29) is 0 Å². The molecule has 0 N–H and O–H groups in total. The Morgan fingerprint density at radius 3 is 2.61 bits per heavy atom. The molecule has 0 radical (unpaired) electrons. The van der Waals surface area contributed by atoms with Crippen molar-refractivity contribution in [3.05, 3.63) is 40.3 Å². The van der Waals surface area contributed by atoms with Crippen molar-refractivity contribution in [3.63, 3.8) is 0 Å². The van der Waals surface area contributed by atoms with E-state index in [1.165, 1.54) is 17.7 Å². The molecular weight excluding hydrogens is 236 g/mol. The fourth-order valence-electron chi connectivity index (χ4n) is 2.87. The lowest BCUT2D eigenvalue weighted by Gasteiger charge is -2.28. The first kappa shape index (κ1) is 13.7. The average molecular weight is 260 g/mol. The molecule has 98 valence electrons. The van der Waals surface area contributed by atoms with Gasteiger partial charge in [0.2, 0.25) is 0 Å². The zero-order valence-corrected chi connectivity index (χ0v) is 12.8. The topological polar surface area (TPSA) is 0 Å². The van der Waals surface area contributed by atoms with Crippen LogP contribution in [-0.2, 0) is 0 Å². The van der Waals surface area contributed by atoms with Crippen LogP contribution in [0.15, 0.2) is 23.6 Å². The van der Waals surface area contributed by atoms with Crippen LogP contribution in [0.2, 0.25) is 0 Å². The fourth-order valence-corrected chi connectivity index (χ4v) is 3.64. The van der Waals surface area contributed by atoms with Gasteiger partial charge in [0.1, 0.15) is 0 Å². The summed E-state index contributed by atoms with van der Waals surface area (Å²) in [5.41, 5.74) is 4.59. The summed E-state index contributed by atoms with van der Waals surface area (Å²) in [5.74, 6) is 3.28. The molecule has 1 aliphatic heterocycles.